The number of nitrogens with zero attached hydrogens (tertiary/aromatic N) is 1. The molecule has 0 bridgehead atoms. The Kier molecular flexibility index (Phi) is 4.17. The minimum Gasteiger partial charge on any atom is -0.382 e. The SMILES string of the molecule is CNc1c(C(=O)NCC2(SC)CC2)cccc1[N+](=O)[O-]. The van der Waals surface area contributed by atoms with Crippen molar-refractivity contribution >= 4 is 29.0 Å². The molecule has 2 N–H and O–H groups in total. The van der Waals surface area contributed by atoms with E-state index in [0.717, 1.165) is 12.8 Å². The maximum Gasteiger partial charge on any atom is 0.293 e. The van der Waals surface area contributed by atoms with Gasteiger partial charge in [0.15, 0.2) is 0 Å². The number of nitro groups is 1. The molecule has 108 valence electrons. The first-order valence-corrected chi connectivity index (χ1v) is 7.54. The number of hydrogen-bond acceptors (Lipinski definition) is 5. The molecule has 2 rings (SSSR count). The number of anilines is 1. The molecule has 7 heteroatoms. The van der Waals surface area contributed by atoms with Crippen LogP contribution < -0.4 is 10.6 Å². The van der Waals surface area contributed by atoms with Crippen molar-refractivity contribution in [3.63, 3.8) is 0 Å². The van der Waals surface area contributed by atoms with Gasteiger partial charge in [0.2, 0.25) is 0 Å². The number of benzene rings is 1. The summed E-state index contributed by atoms with van der Waals surface area (Å²) in [6.45, 7) is 0.596. The van der Waals surface area contributed by atoms with Crippen molar-refractivity contribution in [1.82, 2.24) is 5.32 Å². The molecule has 1 saturated carbocycles. The lowest BCUT2D eigenvalue weighted by atomic mass is 10.1. The first kappa shape index (κ1) is 14.6. The van der Waals surface area contributed by atoms with E-state index >= 15 is 0 Å². The third kappa shape index (κ3) is 2.87. The van der Waals surface area contributed by atoms with E-state index in [4.69, 9.17) is 0 Å². The fourth-order valence-corrected chi connectivity index (χ4v) is 2.80. The molecule has 6 nitrogen and oxygen atoms in total. The first-order chi connectivity index (χ1) is 9.53. The van der Waals surface area contributed by atoms with Crippen molar-refractivity contribution in [2.24, 2.45) is 0 Å². The molecule has 0 aromatic heterocycles. The highest BCUT2D eigenvalue weighted by atomic mass is 32.2. The van der Waals surface area contributed by atoms with Crippen molar-refractivity contribution in [2.45, 2.75) is 17.6 Å². The highest BCUT2D eigenvalue weighted by Gasteiger charge is 2.42. The van der Waals surface area contributed by atoms with Gasteiger partial charge in [-0.2, -0.15) is 11.8 Å². The van der Waals surface area contributed by atoms with Crippen LogP contribution in [-0.4, -0.2) is 35.4 Å². The Labute approximate surface area is 121 Å². The van der Waals surface area contributed by atoms with Crippen molar-refractivity contribution in [3.8, 4) is 0 Å². The summed E-state index contributed by atoms with van der Waals surface area (Å²) in [7, 11) is 1.57. The molecule has 0 aliphatic heterocycles. The largest absolute Gasteiger partial charge is 0.382 e. The van der Waals surface area contributed by atoms with Crippen molar-refractivity contribution < 1.29 is 9.72 Å². The summed E-state index contributed by atoms with van der Waals surface area (Å²) >= 11 is 1.75. The van der Waals surface area contributed by atoms with Crippen LogP contribution in [0.5, 0.6) is 0 Å². The summed E-state index contributed by atoms with van der Waals surface area (Å²) in [5.41, 5.74) is 0.466. The molecule has 1 aliphatic rings. The van der Waals surface area contributed by atoms with Gasteiger partial charge in [-0.05, 0) is 25.2 Å². The van der Waals surface area contributed by atoms with E-state index < -0.39 is 4.92 Å². The third-order valence-electron chi connectivity index (χ3n) is 3.55. The predicted molar refractivity (Wildman–Crippen MR) is 80.5 cm³/mol. The Morgan fingerprint density at radius 2 is 2.20 bits per heavy atom. The molecule has 1 amide bonds. The lowest BCUT2D eigenvalue weighted by molar-refractivity contribution is -0.384. The molecule has 1 aliphatic carbocycles. The van der Waals surface area contributed by atoms with Gasteiger partial charge in [-0.25, -0.2) is 0 Å². The number of para-hydroxylation sites is 1. The number of thioether (sulfide) groups is 1. The molecule has 0 heterocycles. The Morgan fingerprint density at radius 3 is 2.70 bits per heavy atom. The third-order valence-corrected chi connectivity index (χ3v) is 4.96. The van der Waals surface area contributed by atoms with Crippen LogP contribution in [0.4, 0.5) is 11.4 Å². The monoisotopic (exact) mass is 295 g/mol. The van der Waals surface area contributed by atoms with Crippen molar-refractivity contribution in [2.75, 3.05) is 25.2 Å². The Hall–Kier alpha value is -1.76. The van der Waals surface area contributed by atoms with Gasteiger partial charge in [0.05, 0.1) is 10.5 Å². The summed E-state index contributed by atoms with van der Waals surface area (Å²) in [4.78, 5) is 22.7. The minimum absolute atomic E-state index is 0.0915. The molecule has 1 aromatic carbocycles. The summed E-state index contributed by atoms with van der Waals surface area (Å²) in [6.07, 6.45) is 4.23. The topological polar surface area (TPSA) is 84.3 Å². The normalized spacial score (nSPS) is 15.5. The number of hydrogen-bond donors (Lipinski definition) is 2. The number of amides is 1. The van der Waals surface area contributed by atoms with Gasteiger partial charge >= 0.3 is 0 Å². The molecule has 0 unspecified atom stereocenters. The Morgan fingerprint density at radius 1 is 1.50 bits per heavy atom. The second kappa shape index (κ2) is 5.70. The molecule has 20 heavy (non-hydrogen) atoms. The number of carbonyl (C=O) groups excluding carboxylic acids is 1. The molecule has 0 radical (unpaired) electrons. The van der Waals surface area contributed by atoms with Crippen LogP contribution in [0.15, 0.2) is 18.2 Å². The van der Waals surface area contributed by atoms with E-state index in [2.05, 4.69) is 10.6 Å². The number of nitro benzene ring substituents is 1. The highest BCUT2D eigenvalue weighted by molar-refractivity contribution is 8.00. The van der Waals surface area contributed by atoms with Gasteiger partial charge < -0.3 is 10.6 Å². The van der Waals surface area contributed by atoms with Gasteiger partial charge in [0.25, 0.3) is 11.6 Å². The highest BCUT2D eigenvalue weighted by Crippen LogP contribution is 2.46. The quantitative estimate of drug-likeness (QED) is 0.621. The van der Waals surface area contributed by atoms with Crippen LogP contribution >= 0.6 is 11.8 Å². The van der Waals surface area contributed by atoms with E-state index in [1.807, 2.05) is 6.26 Å². The van der Waals surface area contributed by atoms with Crippen LogP contribution in [0.3, 0.4) is 0 Å². The Balaban J connectivity index is 2.17. The van der Waals surface area contributed by atoms with E-state index in [-0.39, 0.29) is 22.0 Å². The van der Waals surface area contributed by atoms with Crippen LogP contribution in [-0.2, 0) is 0 Å². The van der Waals surface area contributed by atoms with E-state index in [1.54, 1.807) is 24.9 Å². The minimum atomic E-state index is -0.493. The Bertz CT molecular complexity index is 544. The lowest BCUT2D eigenvalue weighted by Gasteiger charge is -2.14. The number of rotatable bonds is 6. The zero-order chi connectivity index (χ0) is 14.8. The average molecular weight is 295 g/mol. The number of nitrogens with one attached hydrogen (secondary N) is 2. The predicted octanol–water partition coefficient (Wildman–Crippen LogP) is 2.26. The summed E-state index contributed by atoms with van der Waals surface area (Å²) < 4.78 is 0.163. The molecule has 1 aromatic rings. The van der Waals surface area contributed by atoms with Crippen LogP contribution in [0, 0.1) is 10.1 Å². The second-order valence-corrected chi connectivity index (χ2v) is 6.05. The van der Waals surface area contributed by atoms with E-state index in [9.17, 15) is 14.9 Å². The smallest absolute Gasteiger partial charge is 0.293 e. The maximum absolute atomic E-state index is 12.2. The number of carbonyl (C=O) groups is 1. The average Bonchev–Trinajstić information content (AvgIpc) is 3.24. The molecular formula is C13H17N3O3S. The molecule has 0 saturated heterocycles. The van der Waals surface area contributed by atoms with Crippen molar-refractivity contribution in [1.29, 1.82) is 0 Å². The van der Waals surface area contributed by atoms with E-state index in [0.29, 0.717) is 12.1 Å². The van der Waals surface area contributed by atoms with Gasteiger partial charge in [0, 0.05) is 24.4 Å². The van der Waals surface area contributed by atoms with Gasteiger partial charge in [-0.1, -0.05) is 6.07 Å². The van der Waals surface area contributed by atoms with Crippen LogP contribution in [0.2, 0.25) is 0 Å². The molecular weight excluding hydrogens is 278 g/mol. The van der Waals surface area contributed by atoms with Crippen LogP contribution in [0.25, 0.3) is 0 Å². The summed E-state index contributed by atoms with van der Waals surface area (Å²) in [6, 6.07) is 4.50. The van der Waals surface area contributed by atoms with Gasteiger partial charge in [-0.3, -0.25) is 14.9 Å². The summed E-state index contributed by atoms with van der Waals surface area (Å²) in [5.74, 6) is -0.279. The van der Waals surface area contributed by atoms with Gasteiger partial charge in [0.1, 0.15) is 5.69 Å². The zero-order valence-corrected chi connectivity index (χ0v) is 12.3. The molecule has 0 atom stereocenters. The molecule has 1 fully saturated rings. The maximum atomic E-state index is 12.2. The van der Waals surface area contributed by atoms with Crippen LogP contribution in [0.1, 0.15) is 23.2 Å². The fourth-order valence-electron chi connectivity index (χ4n) is 2.07. The zero-order valence-electron chi connectivity index (χ0n) is 11.4. The summed E-state index contributed by atoms with van der Waals surface area (Å²) in [5, 5.41) is 16.6. The molecule has 0 spiro atoms. The lowest BCUT2D eigenvalue weighted by Crippen LogP contribution is -2.32. The second-order valence-electron chi connectivity index (χ2n) is 4.78. The fraction of sp³-hybridized carbons (Fsp3) is 0.462. The van der Waals surface area contributed by atoms with Crippen molar-refractivity contribution in [3.05, 3.63) is 33.9 Å². The first-order valence-electron chi connectivity index (χ1n) is 6.31. The van der Waals surface area contributed by atoms with E-state index in [1.165, 1.54) is 12.1 Å². The van der Waals surface area contributed by atoms with Gasteiger partial charge in [-0.15, -0.1) is 0 Å². The standard InChI is InChI=1S/C13H17N3O3S/c1-14-11-9(4-3-5-10(11)16(18)19)12(17)15-8-13(20-2)6-7-13/h3-5,14H,6-8H2,1-2H3,(H,15,17).